The third-order valence-corrected chi connectivity index (χ3v) is 4.86. The molecule has 2 aromatic rings. The average Bonchev–Trinajstić information content (AvgIpc) is 2.68. The molecule has 150 valence electrons. The van der Waals surface area contributed by atoms with Crippen LogP contribution in [-0.2, 0) is 12.0 Å². The fourth-order valence-electron chi connectivity index (χ4n) is 3.16. The smallest absolute Gasteiger partial charge is 0.253 e. The number of rotatable bonds is 6. The average molecular weight is 381 g/mol. The van der Waals surface area contributed by atoms with Crippen molar-refractivity contribution >= 4 is 11.9 Å². The molecule has 0 bridgehead atoms. The summed E-state index contributed by atoms with van der Waals surface area (Å²) in [6, 6.07) is 16.1. The van der Waals surface area contributed by atoms with Crippen LogP contribution in [0.25, 0.3) is 0 Å². The van der Waals surface area contributed by atoms with Crippen molar-refractivity contribution < 1.29 is 4.79 Å². The van der Waals surface area contributed by atoms with Gasteiger partial charge in [0.05, 0.1) is 0 Å². The Kier molecular flexibility index (Phi) is 7.21. The van der Waals surface area contributed by atoms with E-state index in [0.29, 0.717) is 12.1 Å². The highest BCUT2D eigenvalue weighted by Crippen LogP contribution is 2.25. The number of carbonyl (C=O) groups excluding carboxylic acids is 1. The Balaban J connectivity index is 1.93. The molecule has 0 radical (unpaired) electrons. The van der Waals surface area contributed by atoms with Crippen molar-refractivity contribution in [3.05, 3.63) is 70.8 Å². The van der Waals surface area contributed by atoms with E-state index in [-0.39, 0.29) is 11.3 Å². The van der Waals surface area contributed by atoms with Crippen LogP contribution in [0.4, 0.5) is 0 Å². The van der Waals surface area contributed by atoms with Crippen LogP contribution in [0.5, 0.6) is 0 Å². The third-order valence-electron chi connectivity index (χ3n) is 4.86. The van der Waals surface area contributed by atoms with Gasteiger partial charge in [-0.05, 0) is 35.7 Å². The highest BCUT2D eigenvalue weighted by molar-refractivity contribution is 5.93. The Morgan fingerprint density at radius 1 is 1.04 bits per heavy atom. The zero-order chi connectivity index (χ0) is 20.7. The summed E-state index contributed by atoms with van der Waals surface area (Å²) in [6.07, 6.45) is 0. The van der Waals surface area contributed by atoms with Crippen molar-refractivity contribution in [3.63, 3.8) is 0 Å². The first-order chi connectivity index (χ1) is 13.2. The second kappa shape index (κ2) is 9.40. The molecule has 0 unspecified atom stereocenters. The fraction of sp³-hybridized carbons (Fsp3) is 0.391. The zero-order valence-corrected chi connectivity index (χ0v) is 17.8. The molecule has 2 rings (SSSR count). The number of nitrogens with one attached hydrogen (secondary N) is 2. The van der Waals surface area contributed by atoms with E-state index in [4.69, 9.17) is 0 Å². The summed E-state index contributed by atoms with van der Waals surface area (Å²) in [7, 11) is 5.28. The normalized spacial score (nSPS) is 11.9. The first kappa shape index (κ1) is 21.5. The van der Waals surface area contributed by atoms with Gasteiger partial charge < -0.3 is 15.5 Å². The monoisotopic (exact) mass is 380 g/mol. The van der Waals surface area contributed by atoms with E-state index in [1.54, 1.807) is 26.0 Å². The maximum Gasteiger partial charge on any atom is 0.253 e. The zero-order valence-electron chi connectivity index (χ0n) is 17.8. The van der Waals surface area contributed by atoms with Crippen molar-refractivity contribution in [2.24, 2.45) is 4.99 Å². The van der Waals surface area contributed by atoms with Gasteiger partial charge in [-0.1, -0.05) is 50.2 Å². The topological polar surface area (TPSA) is 56.7 Å². The molecule has 0 heterocycles. The fourth-order valence-corrected chi connectivity index (χ4v) is 3.16. The second-order valence-corrected chi connectivity index (χ2v) is 7.87. The summed E-state index contributed by atoms with van der Waals surface area (Å²) < 4.78 is 0. The minimum Gasteiger partial charge on any atom is -0.356 e. The molecule has 5 heteroatoms. The molecule has 2 aromatic carbocycles. The molecule has 0 spiro atoms. The largest absolute Gasteiger partial charge is 0.356 e. The molecule has 5 nitrogen and oxygen atoms in total. The van der Waals surface area contributed by atoms with Crippen LogP contribution in [0.2, 0.25) is 0 Å². The maximum absolute atomic E-state index is 12.0. The standard InChI is InChI=1S/C23H32N4O/c1-17-9-7-8-10-20(17)23(2,3)16-26-22(24-4)25-15-18-11-13-19(14-12-18)21(28)27(5)6/h7-14H,15-16H2,1-6H3,(H2,24,25,26). The van der Waals surface area contributed by atoms with Gasteiger partial charge >= 0.3 is 0 Å². The lowest BCUT2D eigenvalue weighted by atomic mass is 9.82. The molecule has 1 amide bonds. The van der Waals surface area contributed by atoms with Crippen LogP contribution < -0.4 is 10.6 Å². The molecular formula is C23H32N4O. The summed E-state index contributed by atoms with van der Waals surface area (Å²) in [4.78, 5) is 17.9. The van der Waals surface area contributed by atoms with E-state index in [2.05, 4.69) is 60.7 Å². The predicted molar refractivity (Wildman–Crippen MR) is 117 cm³/mol. The lowest BCUT2D eigenvalue weighted by Gasteiger charge is -2.28. The summed E-state index contributed by atoms with van der Waals surface area (Å²) in [5.74, 6) is 0.769. The third kappa shape index (κ3) is 5.59. The molecule has 0 aliphatic rings. The molecule has 0 aliphatic heterocycles. The van der Waals surface area contributed by atoms with Gasteiger partial charge in [-0.3, -0.25) is 9.79 Å². The van der Waals surface area contributed by atoms with Gasteiger partial charge in [0.25, 0.3) is 5.91 Å². The SMILES string of the molecule is CN=C(NCc1ccc(C(=O)N(C)C)cc1)NCC(C)(C)c1ccccc1C. The van der Waals surface area contributed by atoms with Gasteiger partial charge in [-0.15, -0.1) is 0 Å². The van der Waals surface area contributed by atoms with Gasteiger partial charge in [0, 0.05) is 45.2 Å². The maximum atomic E-state index is 12.0. The van der Waals surface area contributed by atoms with Gasteiger partial charge in [0.1, 0.15) is 0 Å². The van der Waals surface area contributed by atoms with Gasteiger partial charge in [0.2, 0.25) is 0 Å². The number of carbonyl (C=O) groups is 1. The number of benzene rings is 2. The lowest BCUT2D eigenvalue weighted by molar-refractivity contribution is 0.0827. The van der Waals surface area contributed by atoms with E-state index in [0.717, 1.165) is 18.1 Å². The molecule has 0 aliphatic carbocycles. The Morgan fingerprint density at radius 2 is 1.68 bits per heavy atom. The summed E-state index contributed by atoms with van der Waals surface area (Å²) in [6.45, 7) is 8.02. The first-order valence-corrected chi connectivity index (χ1v) is 9.56. The summed E-state index contributed by atoms with van der Waals surface area (Å²) >= 11 is 0. The van der Waals surface area contributed by atoms with Crippen molar-refractivity contribution in [2.75, 3.05) is 27.7 Å². The van der Waals surface area contributed by atoms with E-state index in [9.17, 15) is 4.79 Å². The Bertz CT molecular complexity index is 823. The highest BCUT2D eigenvalue weighted by atomic mass is 16.2. The quantitative estimate of drug-likeness (QED) is 0.597. The molecular weight excluding hydrogens is 348 g/mol. The molecule has 0 aromatic heterocycles. The van der Waals surface area contributed by atoms with Crippen LogP contribution >= 0.6 is 0 Å². The number of amides is 1. The molecule has 0 atom stereocenters. The van der Waals surface area contributed by atoms with Crippen molar-refractivity contribution in [2.45, 2.75) is 32.7 Å². The van der Waals surface area contributed by atoms with Crippen LogP contribution in [0.15, 0.2) is 53.5 Å². The molecule has 2 N–H and O–H groups in total. The van der Waals surface area contributed by atoms with E-state index >= 15 is 0 Å². The number of aryl methyl sites for hydroxylation is 1. The van der Waals surface area contributed by atoms with Crippen molar-refractivity contribution in [3.8, 4) is 0 Å². The van der Waals surface area contributed by atoms with E-state index in [1.807, 2.05) is 24.3 Å². The predicted octanol–water partition coefficient (Wildman–Crippen LogP) is 3.34. The minimum atomic E-state index is -0.0167. The van der Waals surface area contributed by atoms with Gasteiger partial charge in [-0.2, -0.15) is 0 Å². The summed E-state index contributed by atoms with van der Waals surface area (Å²) in [5, 5.41) is 6.77. The Labute approximate surface area is 168 Å². The van der Waals surface area contributed by atoms with Crippen molar-refractivity contribution in [1.29, 1.82) is 0 Å². The number of hydrogen-bond donors (Lipinski definition) is 2. The van der Waals surface area contributed by atoms with Crippen molar-refractivity contribution in [1.82, 2.24) is 15.5 Å². The van der Waals surface area contributed by atoms with Crippen LogP contribution in [-0.4, -0.2) is 44.5 Å². The lowest BCUT2D eigenvalue weighted by Crippen LogP contribution is -2.43. The molecule has 0 saturated carbocycles. The van der Waals surface area contributed by atoms with E-state index in [1.165, 1.54) is 11.1 Å². The van der Waals surface area contributed by atoms with Gasteiger partial charge in [-0.25, -0.2) is 0 Å². The Hall–Kier alpha value is -2.82. The minimum absolute atomic E-state index is 0.00965. The van der Waals surface area contributed by atoms with Crippen LogP contribution in [0.3, 0.4) is 0 Å². The number of aliphatic imine (C=N–C) groups is 1. The van der Waals surface area contributed by atoms with E-state index < -0.39 is 0 Å². The highest BCUT2D eigenvalue weighted by Gasteiger charge is 2.22. The number of nitrogens with zero attached hydrogens (tertiary/aromatic N) is 2. The van der Waals surface area contributed by atoms with Crippen LogP contribution in [0, 0.1) is 6.92 Å². The van der Waals surface area contributed by atoms with Gasteiger partial charge in [0.15, 0.2) is 5.96 Å². The second-order valence-electron chi connectivity index (χ2n) is 7.87. The number of hydrogen-bond acceptors (Lipinski definition) is 2. The Morgan fingerprint density at radius 3 is 2.25 bits per heavy atom. The molecule has 0 saturated heterocycles. The molecule has 0 fully saturated rings. The number of guanidine groups is 1. The summed E-state index contributed by atoms with van der Waals surface area (Å²) in [5.41, 5.74) is 4.40. The first-order valence-electron chi connectivity index (χ1n) is 9.56. The molecule has 28 heavy (non-hydrogen) atoms. The van der Waals surface area contributed by atoms with Crippen LogP contribution in [0.1, 0.15) is 40.9 Å².